The first-order chi connectivity index (χ1) is 17.5. The second-order valence-corrected chi connectivity index (χ2v) is 9.27. The number of carboxylic acid groups (broad SMARTS) is 1. The van der Waals surface area contributed by atoms with Gasteiger partial charge in [0, 0.05) is 32.9 Å². The molecule has 0 spiro atoms. The van der Waals surface area contributed by atoms with Gasteiger partial charge in [0.15, 0.2) is 5.96 Å². The lowest BCUT2D eigenvalue weighted by atomic mass is 10.0. The first-order valence-corrected chi connectivity index (χ1v) is 11.9. The SMILES string of the molecule is O=C(O)C[C@@H](NC(=O)CNC(=O)c1cc(NC2=NCC(F)CN2)cc([N+](=O)[O-])c1)c1cc(Cl)cc(Br)c1. The molecule has 0 fully saturated rings. The molecule has 12 nitrogen and oxygen atoms in total. The molecule has 0 aliphatic carbocycles. The Balaban J connectivity index is 1.69. The molecule has 15 heteroatoms. The molecule has 3 rings (SSSR count). The van der Waals surface area contributed by atoms with Gasteiger partial charge in [-0.3, -0.25) is 24.5 Å². The van der Waals surface area contributed by atoms with E-state index in [1.54, 1.807) is 12.1 Å². The summed E-state index contributed by atoms with van der Waals surface area (Å²) in [5.74, 6) is -2.45. The molecule has 2 amide bonds. The van der Waals surface area contributed by atoms with E-state index < -0.39 is 53.6 Å². The fraction of sp³-hybridized carbons (Fsp3) is 0.273. The molecule has 2 atom stereocenters. The number of nitrogens with one attached hydrogen (secondary N) is 4. The van der Waals surface area contributed by atoms with Crippen molar-refractivity contribution in [3.63, 3.8) is 0 Å². The minimum atomic E-state index is -1.17. The fourth-order valence-corrected chi connectivity index (χ4v) is 4.26. The number of nitrogens with zero attached hydrogens (tertiary/aromatic N) is 2. The predicted octanol–water partition coefficient (Wildman–Crippen LogP) is 2.78. The summed E-state index contributed by atoms with van der Waals surface area (Å²) in [5, 5.41) is 31.3. The first-order valence-electron chi connectivity index (χ1n) is 10.7. The molecule has 2 aromatic rings. The summed E-state index contributed by atoms with van der Waals surface area (Å²) in [5.41, 5.74) is 0.0761. The Morgan fingerprint density at radius 3 is 2.65 bits per heavy atom. The predicted molar refractivity (Wildman–Crippen MR) is 137 cm³/mol. The average molecular weight is 600 g/mol. The number of amides is 2. The van der Waals surface area contributed by atoms with Crippen molar-refractivity contribution in [2.45, 2.75) is 18.6 Å². The molecule has 196 valence electrons. The third kappa shape index (κ3) is 8.39. The Bertz CT molecular complexity index is 1240. The Kier molecular flexibility index (Phi) is 9.36. The number of hydrogen-bond donors (Lipinski definition) is 5. The number of non-ortho nitro benzene ring substituents is 1. The monoisotopic (exact) mass is 598 g/mol. The summed E-state index contributed by atoms with van der Waals surface area (Å²) >= 11 is 9.29. The summed E-state index contributed by atoms with van der Waals surface area (Å²) in [4.78, 5) is 51.1. The van der Waals surface area contributed by atoms with Crippen LogP contribution in [-0.2, 0) is 9.59 Å². The van der Waals surface area contributed by atoms with Gasteiger partial charge < -0.3 is 26.4 Å². The summed E-state index contributed by atoms with van der Waals surface area (Å²) < 4.78 is 13.8. The van der Waals surface area contributed by atoms with Gasteiger partial charge in [0.25, 0.3) is 11.6 Å². The number of alkyl halides is 1. The van der Waals surface area contributed by atoms with Crippen molar-refractivity contribution >= 4 is 62.6 Å². The van der Waals surface area contributed by atoms with Gasteiger partial charge in [-0.25, -0.2) is 9.38 Å². The Hall–Kier alpha value is -3.78. The molecule has 0 radical (unpaired) electrons. The Morgan fingerprint density at radius 1 is 1.27 bits per heavy atom. The van der Waals surface area contributed by atoms with E-state index in [1.165, 1.54) is 18.2 Å². The van der Waals surface area contributed by atoms with Gasteiger partial charge in [0.1, 0.15) is 6.17 Å². The highest BCUT2D eigenvalue weighted by atomic mass is 79.9. The lowest BCUT2D eigenvalue weighted by Gasteiger charge is -2.19. The quantitative estimate of drug-likeness (QED) is 0.216. The fourth-order valence-electron chi connectivity index (χ4n) is 3.37. The highest BCUT2D eigenvalue weighted by molar-refractivity contribution is 9.10. The zero-order valence-corrected chi connectivity index (χ0v) is 21.3. The smallest absolute Gasteiger partial charge is 0.305 e. The average Bonchev–Trinajstić information content (AvgIpc) is 2.82. The van der Waals surface area contributed by atoms with Crippen molar-refractivity contribution in [3.05, 3.63) is 67.1 Å². The van der Waals surface area contributed by atoms with Crippen LogP contribution in [0, 0.1) is 10.1 Å². The molecule has 1 unspecified atom stereocenters. The Morgan fingerprint density at radius 2 is 2.03 bits per heavy atom. The third-order valence-corrected chi connectivity index (χ3v) is 5.68. The Labute approximate surface area is 222 Å². The van der Waals surface area contributed by atoms with Crippen LogP contribution >= 0.6 is 27.5 Å². The van der Waals surface area contributed by atoms with E-state index in [1.807, 2.05) is 0 Å². The van der Waals surface area contributed by atoms with Crippen LogP contribution in [0.1, 0.15) is 28.4 Å². The number of rotatable bonds is 9. The molecule has 1 heterocycles. The van der Waals surface area contributed by atoms with Crippen LogP contribution in [0.25, 0.3) is 0 Å². The van der Waals surface area contributed by atoms with E-state index in [2.05, 4.69) is 42.2 Å². The number of nitro groups is 1. The maximum Gasteiger partial charge on any atom is 0.305 e. The molecule has 0 saturated carbocycles. The summed E-state index contributed by atoms with van der Waals surface area (Å²) in [6, 6.07) is 7.30. The normalized spacial score (nSPS) is 15.5. The van der Waals surface area contributed by atoms with Gasteiger partial charge in [0.05, 0.1) is 37.0 Å². The number of halogens is 3. The van der Waals surface area contributed by atoms with E-state index in [-0.39, 0.29) is 30.3 Å². The zero-order chi connectivity index (χ0) is 27.1. The second kappa shape index (κ2) is 12.5. The van der Waals surface area contributed by atoms with Gasteiger partial charge in [-0.2, -0.15) is 0 Å². The first kappa shape index (κ1) is 27.8. The van der Waals surface area contributed by atoms with Crippen LogP contribution in [-0.4, -0.2) is 59.6 Å². The topological polar surface area (TPSA) is 175 Å². The van der Waals surface area contributed by atoms with E-state index in [0.717, 1.165) is 6.07 Å². The van der Waals surface area contributed by atoms with E-state index in [9.17, 15) is 34.0 Å². The van der Waals surface area contributed by atoms with Crippen molar-refractivity contribution in [3.8, 4) is 0 Å². The van der Waals surface area contributed by atoms with Gasteiger partial charge in [-0.05, 0) is 29.8 Å². The van der Waals surface area contributed by atoms with Crippen LogP contribution in [0.5, 0.6) is 0 Å². The second-order valence-electron chi connectivity index (χ2n) is 7.92. The number of carbonyl (C=O) groups is 3. The number of anilines is 1. The summed E-state index contributed by atoms with van der Waals surface area (Å²) in [7, 11) is 0. The molecular formula is C22H21BrClFN6O6. The molecular weight excluding hydrogens is 579 g/mol. The number of carboxylic acids is 1. The molecule has 2 aromatic carbocycles. The number of guanidine groups is 1. The largest absolute Gasteiger partial charge is 0.481 e. The highest BCUT2D eigenvalue weighted by Gasteiger charge is 2.21. The van der Waals surface area contributed by atoms with Crippen molar-refractivity contribution < 1.29 is 28.8 Å². The summed E-state index contributed by atoms with van der Waals surface area (Å²) in [6.45, 7) is -0.603. The van der Waals surface area contributed by atoms with Gasteiger partial charge in [0.2, 0.25) is 5.91 Å². The molecule has 1 aliphatic rings. The van der Waals surface area contributed by atoms with Crippen molar-refractivity contribution in [2.24, 2.45) is 4.99 Å². The molecule has 5 N–H and O–H groups in total. The zero-order valence-electron chi connectivity index (χ0n) is 19.0. The molecule has 0 saturated heterocycles. The molecule has 0 aromatic heterocycles. The van der Waals surface area contributed by atoms with Crippen LogP contribution in [0.4, 0.5) is 15.8 Å². The van der Waals surface area contributed by atoms with Crippen molar-refractivity contribution in [2.75, 3.05) is 25.0 Å². The number of aliphatic imine (C=N–C) groups is 1. The number of aliphatic carboxylic acids is 1. The van der Waals surface area contributed by atoms with Gasteiger partial charge in [-0.1, -0.05) is 27.5 Å². The highest BCUT2D eigenvalue weighted by Crippen LogP contribution is 2.26. The maximum absolute atomic E-state index is 13.2. The van der Waals surface area contributed by atoms with Crippen LogP contribution in [0.2, 0.25) is 5.02 Å². The molecule has 0 bridgehead atoms. The van der Waals surface area contributed by atoms with E-state index >= 15 is 0 Å². The van der Waals surface area contributed by atoms with Crippen molar-refractivity contribution in [1.29, 1.82) is 0 Å². The third-order valence-electron chi connectivity index (χ3n) is 5.00. The number of benzene rings is 2. The van der Waals surface area contributed by atoms with Crippen LogP contribution in [0.15, 0.2) is 45.9 Å². The number of nitro benzene ring substituents is 1. The maximum atomic E-state index is 13.2. The summed E-state index contributed by atoms with van der Waals surface area (Å²) in [6.07, 6.45) is -1.59. The molecule has 37 heavy (non-hydrogen) atoms. The minimum absolute atomic E-state index is 0.0121. The van der Waals surface area contributed by atoms with E-state index in [0.29, 0.717) is 15.1 Å². The van der Waals surface area contributed by atoms with Crippen LogP contribution in [0.3, 0.4) is 0 Å². The minimum Gasteiger partial charge on any atom is -0.481 e. The van der Waals surface area contributed by atoms with Gasteiger partial charge >= 0.3 is 5.97 Å². The lowest BCUT2D eigenvalue weighted by molar-refractivity contribution is -0.384. The van der Waals surface area contributed by atoms with Crippen LogP contribution < -0.4 is 21.3 Å². The number of carbonyl (C=O) groups excluding carboxylic acids is 2. The van der Waals surface area contributed by atoms with E-state index in [4.69, 9.17) is 11.6 Å². The van der Waals surface area contributed by atoms with Crippen molar-refractivity contribution in [1.82, 2.24) is 16.0 Å². The lowest BCUT2D eigenvalue weighted by Crippen LogP contribution is -2.41. The number of hydrogen-bond acceptors (Lipinski definition) is 8. The van der Waals surface area contributed by atoms with Gasteiger partial charge in [-0.15, -0.1) is 0 Å². The standard InChI is InChI=1S/C22H21BrClFN6O6/c23-13-1-11(2-14(24)5-13)18(7-20(33)34)30-19(32)10-26-21(35)12-3-16(6-17(4-12)31(36)37)29-22-27-8-15(25)9-28-22/h1-6,15,18H,7-10H2,(H,26,35)(H,30,32)(H,33,34)(H2,27,28,29)/t18-/m1/s1. The molecule has 1 aliphatic heterocycles.